The second-order valence-electron chi connectivity index (χ2n) is 25.0. The summed E-state index contributed by atoms with van der Waals surface area (Å²) in [7, 11) is 0. The summed E-state index contributed by atoms with van der Waals surface area (Å²) in [5, 5.41) is 9.59. The average molecular weight is 1050 g/mol. The monoisotopic (exact) mass is 1050 g/mol. The Morgan fingerprint density at radius 1 is 0.280 bits per heavy atom. The average Bonchev–Trinajstić information content (AvgIpc) is 2.88. The highest BCUT2D eigenvalue weighted by atomic mass is 15.2. The first-order valence-electron chi connectivity index (χ1n) is 28.9. The molecule has 0 radical (unpaired) electrons. The van der Waals surface area contributed by atoms with Crippen LogP contribution in [0.3, 0.4) is 0 Å². The van der Waals surface area contributed by atoms with Crippen molar-refractivity contribution < 1.29 is 0 Å². The first kappa shape index (κ1) is 46.0. The third kappa shape index (κ3) is 5.92. The molecule has 82 heavy (non-hydrogen) atoms. The fourth-order valence-corrected chi connectivity index (χ4v) is 15.5. The van der Waals surface area contributed by atoms with Gasteiger partial charge in [-0.3, -0.25) is 9.13 Å². The molecule has 11 aromatic carbocycles. The van der Waals surface area contributed by atoms with Gasteiger partial charge in [0.25, 0.3) is 0 Å². The number of rotatable bonds is 4. The first-order valence-corrected chi connectivity index (χ1v) is 28.9. The Bertz CT molecular complexity index is 5180. The Kier molecular flexibility index (Phi) is 8.83. The first-order chi connectivity index (χ1) is 39.9. The highest BCUT2D eigenvalue weighted by Crippen LogP contribution is 2.54. The number of fused-ring (bicyclic) bond motifs is 19. The van der Waals surface area contributed by atoms with Gasteiger partial charge in [0.05, 0.1) is 38.8 Å². The van der Waals surface area contributed by atoms with E-state index in [1.165, 1.54) is 115 Å². The number of aromatic nitrogens is 5. The molecule has 0 aliphatic heterocycles. The van der Waals surface area contributed by atoms with Gasteiger partial charge >= 0.3 is 0 Å². The van der Waals surface area contributed by atoms with Crippen LogP contribution < -0.4 is 0 Å². The molecule has 388 valence electrons. The van der Waals surface area contributed by atoms with Crippen LogP contribution in [-0.2, 0) is 16.2 Å². The van der Waals surface area contributed by atoms with Crippen molar-refractivity contribution in [2.75, 3.05) is 0 Å². The molecule has 0 unspecified atom stereocenters. The van der Waals surface area contributed by atoms with Gasteiger partial charge in [-0.2, -0.15) is 4.98 Å². The van der Waals surface area contributed by atoms with Gasteiger partial charge in [-0.1, -0.05) is 187 Å². The zero-order valence-electron chi connectivity index (χ0n) is 46.6. The molecule has 3 aliphatic carbocycles. The molecular weight excluding hydrogens is 995 g/mol. The van der Waals surface area contributed by atoms with E-state index in [9.17, 15) is 0 Å². The van der Waals surface area contributed by atoms with Crippen molar-refractivity contribution in [2.45, 2.75) is 57.8 Å². The molecule has 15 aromatic rings. The second kappa shape index (κ2) is 15.7. The third-order valence-electron chi connectivity index (χ3n) is 19.6. The van der Waals surface area contributed by atoms with Gasteiger partial charge in [0, 0.05) is 65.9 Å². The smallest absolute Gasteiger partial charge is 0.237 e. The Morgan fingerprint density at radius 2 is 0.695 bits per heavy atom. The SMILES string of the molecule is CC1(C)c2ccccc2-c2cc3c4ccccc4n(-c4ccc5ccc(-c6cc(-n7c8ccccc8c8cc9c(cc87)C(C)(C)c7ccccc7-9)nc(-n7c8ccccc8c8cc9c(cc87)C(C)(C)c7ccccc7-9)n6)cc5c4)c3cc21. The topological polar surface area (TPSA) is 40.6 Å². The largest absolute Gasteiger partial charge is 0.309 e. The number of para-hydroxylation sites is 3. The maximum absolute atomic E-state index is 5.81. The van der Waals surface area contributed by atoms with Crippen LogP contribution in [0.25, 0.3) is 138 Å². The van der Waals surface area contributed by atoms with Gasteiger partial charge in [0.1, 0.15) is 5.82 Å². The van der Waals surface area contributed by atoms with Crippen LogP contribution in [0, 0.1) is 0 Å². The van der Waals surface area contributed by atoms with Crippen LogP contribution >= 0.6 is 0 Å². The molecule has 0 saturated heterocycles. The normalized spacial score (nSPS) is 15.0. The molecule has 0 spiro atoms. The molecular formula is C77H55N5. The molecule has 5 nitrogen and oxygen atoms in total. The highest BCUT2D eigenvalue weighted by molar-refractivity contribution is 6.14. The van der Waals surface area contributed by atoms with Crippen molar-refractivity contribution in [1.29, 1.82) is 0 Å². The summed E-state index contributed by atoms with van der Waals surface area (Å²) < 4.78 is 7.22. The minimum absolute atomic E-state index is 0.127. The van der Waals surface area contributed by atoms with Crippen molar-refractivity contribution in [3.63, 3.8) is 0 Å². The quantitative estimate of drug-likeness (QED) is 0.176. The Labute approximate surface area is 475 Å². The molecule has 0 atom stereocenters. The van der Waals surface area contributed by atoms with Crippen molar-refractivity contribution in [1.82, 2.24) is 23.7 Å². The van der Waals surface area contributed by atoms with Gasteiger partial charge in [-0.25, -0.2) is 4.98 Å². The summed E-state index contributed by atoms with van der Waals surface area (Å²) in [6.07, 6.45) is 0. The molecule has 0 fully saturated rings. The van der Waals surface area contributed by atoms with Gasteiger partial charge in [0.15, 0.2) is 0 Å². The van der Waals surface area contributed by atoms with Gasteiger partial charge < -0.3 is 4.57 Å². The van der Waals surface area contributed by atoms with Crippen LogP contribution in [0.5, 0.6) is 0 Å². The van der Waals surface area contributed by atoms with Crippen LogP contribution in [0.15, 0.2) is 224 Å². The molecule has 4 heterocycles. The Balaban J connectivity index is 0.885. The zero-order valence-corrected chi connectivity index (χ0v) is 46.6. The van der Waals surface area contributed by atoms with E-state index in [1.54, 1.807) is 0 Å². The van der Waals surface area contributed by atoms with Gasteiger partial charge in [-0.15, -0.1) is 0 Å². The zero-order chi connectivity index (χ0) is 54.7. The summed E-state index contributed by atoms with van der Waals surface area (Å²) >= 11 is 0. The fraction of sp³-hybridized carbons (Fsp3) is 0.117. The molecule has 0 N–H and O–H groups in total. The molecule has 5 heteroatoms. The highest BCUT2D eigenvalue weighted by Gasteiger charge is 2.39. The Morgan fingerprint density at radius 3 is 1.21 bits per heavy atom. The summed E-state index contributed by atoms with van der Waals surface area (Å²) in [5.74, 6) is 1.44. The lowest BCUT2D eigenvalue weighted by molar-refractivity contribution is 0.661. The molecule has 3 aliphatic rings. The van der Waals surface area contributed by atoms with Crippen LogP contribution in [0.1, 0.15) is 74.9 Å². The minimum Gasteiger partial charge on any atom is -0.309 e. The molecule has 0 saturated carbocycles. The predicted molar refractivity (Wildman–Crippen MR) is 341 cm³/mol. The third-order valence-corrected chi connectivity index (χ3v) is 19.6. The van der Waals surface area contributed by atoms with E-state index in [4.69, 9.17) is 9.97 Å². The van der Waals surface area contributed by atoms with E-state index < -0.39 is 0 Å². The lowest BCUT2D eigenvalue weighted by atomic mass is 9.82. The van der Waals surface area contributed by atoms with Crippen molar-refractivity contribution in [3.8, 4) is 62.1 Å². The van der Waals surface area contributed by atoms with E-state index in [2.05, 4.69) is 280 Å². The summed E-state index contributed by atoms with van der Waals surface area (Å²) in [4.78, 5) is 11.6. The molecule has 0 amide bonds. The number of benzene rings is 11. The fourth-order valence-electron chi connectivity index (χ4n) is 15.5. The van der Waals surface area contributed by atoms with E-state index >= 15 is 0 Å². The van der Waals surface area contributed by atoms with E-state index in [1.807, 2.05) is 0 Å². The molecule has 4 aromatic heterocycles. The summed E-state index contributed by atoms with van der Waals surface area (Å²) in [5.41, 5.74) is 25.3. The number of hydrogen-bond acceptors (Lipinski definition) is 2. The standard InChI is InChI=1S/C77H55N5/c1-75(2)60-25-13-7-19-48(60)54-37-57-51-22-10-16-28-67(51)80(70(57)40-63(54)75)47-34-33-44-31-32-45(35-46(44)36-47)66-43-73(81-68-29-17-11-23-52(68)58-38-55-49-20-8-14-26-61(49)76(3,4)64(55)41-71(58)81)79-74(78-66)82-69-30-18-12-24-53(69)59-39-56-50-21-9-15-27-62(50)77(5,6)65(56)42-72(59)82/h7-43H,1-6H3. The predicted octanol–water partition coefficient (Wildman–Crippen LogP) is 19.5. The van der Waals surface area contributed by atoms with E-state index in [0.29, 0.717) is 5.95 Å². The minimum atomic E-state index is -0.197. The van der Waals surface area contributed by atoms with Gasteiger partial charge in [0.2, 0.25) is 5.95 Å². The maximum Gasteiger partial charge on any atom is 0.237 e. The molecule has 0 bridgehead atoms. The second-order valence-corrected chi connectivity index (χ2v) is 25.0. The van der Waals surface area contributed by atoms with Crippen LogP contribution in [0.4, 0.5) is 0 Å². The van der Waals surface area contributed by atoms with Crippen molar-refractivity contribution >= 4 is 76.2 Å². The molecule has 18 rings (SSSR count). The van der Waals surface area contributed by atoms with Crippen LogP contribution in [0.2, 0.25) is 0 Å². The number of nitrogens with zero attached hydrogens (tertiary/aromatic N) is 5. The van der Waals surface area contributed by atoms with Gasteiger partial charge in [-0.05, 0) is 150 Å². The lowest BCUT2D eigenvalue weighted by Crippen LogP contribution is -2.15. The van der Waals surface area contributed by atoms with E-state index in [0.717, 1.165) is 50.2 Å². The van der Waals surface area contributed by atoms with Crippen molar-refractivity contribution in [3.05, 3.63) is 258 Å². The number of hydrogen-bond donors (Lipinski definition) is 0. The Hall–Kier alpha value is -9.84. The summed E-state index contributed by atoms with van der Waals surface area (Å²) in [6.45, 7) is 14.2. The summed E-state index contributed by atoms with van der Waals surface area (Å²) in [6, 6.07) is 84.1. The van der Waals surface area contributed by atoms with Crippen molar-refractivity contribution in [2.24, 2.45) is 0 Å². The maximum atomic E-state index is 5.81. The lowest BCUT2D eigenvalue weighted by Gasteiger charge is -2.22. The van der Waals surface area contributed by atoms with Crippen LogP contribution in [-0.4, -0.2) is 23.7 Å². The van der Waals surface area contributed by atoms with E-state index in [-0.39, 0.29) is 16.2 Å².